The Labute approximate surface area is 201 Å². The number of imidazole rings is 1. The number of nitrogens with zero attached hydrogens (tertiary/aromatic N) is 1. The maximum atomic E-state index is 12.5. The molecule has 0 aliphatic carbocycles. The Hall–Kier alpha value is -4.08. The van der Waals surface area contributed by atoms with Gasteiger partial charge in [-0.15, -0.1) is 13.2 Å². The summed E-state index contributed by atoms with van der Waals surface area (Å²) in [6.07, 6.45) is 6.49. The molecule has 1 heterocycles. The van der Waals surface area contributed by atoms with Crippen molar-refractivity contribution in [3.05, 3.63) is 83.2 Å². The third kappa shape index (κ3) is 9.00. The quantitative estimate of drug-likeness (QED) is 0.272. The minimum absolute atomic E-state index is 0.0289. The van der Waals surface area contributed by atoms with E-state index in [1.54, 1.807) is 24.5 Å². The van der Waals surface area contributed by atoms with E-state index in [2.05, 4.69) is 25.3 Å². The van der Waals surface area contributed by atoms with Crippen LogP contribution in [-0.2, 0) is 15.0 Å². The summed E-state index contributed by atoms with van der Waals surface area (Å²) >= 11 is 0. The third-order valence-corrected chi connectivity index (χ3v) is 4.49. The first-order valence-corrected chi connectivity index (χ1v) is 10.5. The minimum Gasteiger partial charge on any atom is -0.406 e. The lowest BCUT2D eigenvalue weighted by Gasteiger charge is -2.16. The largest absolute Gasteiger partial charge is 0.573 e. The van der Waals surface area contributed by atoms with Crippen molar-refractivity contribution in [2.75, 3.05) is 7.05 Å². The molecule has 0 atom stereocenters. The molecular weight excluding hydrogens is 461 g/mol. The molecule has 2 rings (SSSR count). The first-order chi connectivity index (χ1) is 16.4. The van der Waals surface area contributed by atoms with E-state index in [0.717, 1.165) is 11.4 Å². The van der Waals surface area contributed by atoms with E-state index in [1.807, 2.05) is 20.8 Å². The number of likely N-dealkylation sites (N-methyl/N-ethyl adjacent to an activating group) is 1. The monoisotopic (exact) mass is 488 g/mol. The summed E-state index contributed by atoms with van der Waals surface area (Å²) in [6, 6.07) is 5.39. The van der Waals surface area contributed by atoms with Crippen LogP contribution in [0.2, 0.25) is 0 Å². The first-order valence-electron chi connectivity index (χ1n) is 10.5. The molecule has 0 saturated heterocycles. The highest BCUT2D eigenvalue weighted by molar-refractivity contribution is 5.97. The predicted molar refractivity (Wildman–Crippen MR) is 128 cm³/mol. The van der Waals surface area contributed by atoms with Crippen LogP contribution in [0.5, 0.6) is 5.75 Å². The van der Waals surface area contributed by atoms with Gasteiger partial charge in [-0.1, -0.05) is 51.1 Å². The number of rotatable bonds is 9. The molecular formula is C25H27F3N4O3. The van der Waals surface area contributed by atoms with Crippen LogP contribution >= 0.6 is 0 Å². The van der Waals surface area contributed by atoms with Crippen LogP contribution in [0.15, 0.2) is 66.3 Å². The second-order valence-electron chi connectivity index (χ2n) is 8.28. The van der Waals surface area contributed by atoms with Crippen molar-refractivity contribution < 1.29 is 27.5 Å². The molecule has 1 amide bonds. The van der Waals surface area contributed by atoms with Gasteiger partial charge >= 0.3 is 6.36 Å². The number of nitrogens with one attached hydrogen (secondary N) is 3. The van der Waals surface area contributed by atoms with Crippen molar-refractivity contribution in [1.29, 1.82) is 0 Å². The number of alkyl halides is 3. The van der Waals surface area contributed by atoms with Gasteiger partial charge in [-0.2, -0.15) is 0 Å². The fourth-order valence-electron chi connectivity index (χ4n) is 2.93. The van der Waals surface area contributed by atoms with E-state index in [0.29, 0.717) is 11.8 Å². The number of ether oxygens (including phenoxy) is 1. The van der Waals surface area contributed by atoms with Crippen LogP contribution in [0.1, 0.15) is 37.7 Å². The Kier molecular flexibility index (Phi) is 9.21. The Bertz CT molecular complexity index is 1150. The predicted octanol–water partition coefficient (Wildman–Crippen LogP) is 4.63. The third-order valence-electron chi connectivity index (χ3n) is 4.49. The summed E-state index contributed by atoms with van der Waals surface area (Å²) < 4.78 is 41.0. The lowest BCUT2D eigenvalue weighted by molar-refractivity contribution is -0.274. The minimum atomic E-state index is -4.79. The summed E-state index contributed by atoms with van der Waals surface area (Å²) in [5, 5.41) is 5.20. The van der Waals surface area contributed by atoms with E-state index in [-0.39, 0.29) is 22.6 Å². The molecule has 1 aromatic carbocycles. The Morgan fingerprint density at radius 1 is 1.11 bits per heavy atom. The Morgan fingerprint density at radius 3 is 2.46 bits per heavy atom. The highest BCUT2D eigenvalue weighted by Crippen LogP contribution is 2.24. The number of H-pyrrole nitrogens is 1. The summed E-state index contributed by atoms with van der Waals surface area (Å²) in [6.45, 7) is 6.12. The average Bonchev–Trinajstić information content (AvgIpc) is 3.24. The van der Waals surface area contributed by atoms with Gasteiger partial charge in [0.15, 0.2) is 6.29 Å². The molecule has 0 aliphatic heterocycles. The fraction of sp³-hybridized carbons (Fsp3) is 0.240. The molecule has 0 spiro atoms. The molecule has 3 N–H and O–H groups in total. The number of hydrogen-bond donors (Lipinski definition) is 3. The zero-order valence-corrected chi connectivity index (χ0v) is 19.7. The van der Waals surface area contributed by atoms with E-state index < -0.39 is 12.3 Å². The maximum absolute atomic E-state index is 12.5. The number of allylic oxidation sites excluding steroid dienone is 5. The van der Waals surface area contributed by atoms with Crippen LogP contribution in [0.3, 0.4) is 0 Å². The van der Waals surface area contributed by atoms with E-state index in [1.165, 1.54) is 49.6 Å². The summed E-state index contributed by atoms with van der Waals surface area (Å²) in [7, 11) is 1.52. The van der Waals surface area contributed by atoms with Gasteiger partial charge in [-0.25, -0.2) is 4.98 Å². The van der Waals surface area contributed by atoms with Crippen molar-refractivity contribution in [2.24, 2.45) is 0 Å². The molecule has 7 nitrogen and oxygen atoms in total. The van der Waals surface area contributed by atoms with Crippen LogP contribution in [0.25, 0.3) is 12.2 Å². The van der Waals surface area contributed by atoms with Gasteiger partial charge in [-0.3, -0.25) is 9.59 Å². The number of aromatic nitrogens is 2. The Balaban J connectivity index is 2.08. The first kappa shape index (κ1) is 27.2. The van der Waals surface area contributed by atoms with Crippen molar-refractivity contribution in [3.8, 4) is 5.75 Å². The van der Waals surface area contributed by atoms with Gasteiger partial charge in [0.1, 0.15) is 5.75 Å². The smallest absolute Gasteiger partial charge is 0.406 e. The number of carbonyl (C=O) groups is 2. The van der Waals surface area contributed by atoms with Crippen LogP contribution in [-0.4, -0.2) is 35.6 Å². The number of aromatic amines is 1. The number of amides is 1. The number of halogens is 3. The number of aldehydes is 1. The molecule has 35 heavy (non-hydrogen) atoms. The van der Waals surface area contributed by atoms with Crippen LogP contribution in [0.4, 0.5) is 13.2 Å². The van der Waals surface area contributed by atoms with Crippen molar-refractivity contribution in [1.82, 2.24) is 20.6 Å². The maximum Gasteiger partial charge on any atom is 0.573 e. The fourth-order valence-corrected chi connectivity index (χ4v) is 2.93. The lowest BCUT2D eigenvalue weighted by Crippen LogP contribution is -2.30. The van der Waals surface area contributed by atoms with Crippen molar-refractivity contribution in [2.45, 2.75) is 32.5 Å². The zero-order valence-electron chi connectivity index (χ0n) is 19.7. The van der Waals surface area contributed by atoms with Gasteiger partial charge in [0.05, 0.1) is 23.4 Å². The molecule has 0 unspecified atom stereocenters. The highest BCUT2D eigenvalue weighted by Gasteiger charge is 2.31. The van der Waals surface area contributed by atoms with Crippen molar-refractivity contribution in [3.63, 3.8) is 0 Å². The zero-order chi connectivity index (χ0) is 26.1. The average molecular weight is 489 g/mol. The van der Waals surface area contributed by atoms with Crippen LogP contribution in [0, 0.1) is 0 Å². The molecule has 186 valence electrons. The number of hydrogen-bond acceptors (Lipinski definition) is 5. The van der Waals surface area contributed by atoms with Gasteiger partial charge in [0.25, 0.3) is 5.91 Å². The second-order valence-corrected chi connectivity index (χ2v) is 8.28. The van der Waals surface area contributed by atoms with Crippen LogP contribution < -0.4 is 15.4 Å². The number of benzene rings is 1. The van der Waals surface area contributed by atoms with Gasteiger partial charge in [0, 0.05) is 18.2 Å². The standard InChI is InChI=1S/C25H27F3N4O3/c1-24(2,3)22-20(30-16-31-22)12-7-10-18(15-33)32-23(34)21(29-4)13-6-9-17-8-5-11-19(14-17)35-25(26,27)28/h5-16,29H,1-4H3,(H,30,31)(H,32,34)/b9-6+,12-7+,18-10-,21-13-. The molecule has 0 bridgehead atoms. The molecule has 0 fully saturated rings. The van der Waals surface area contributed by atoms with Gasteiger partial charge < -0.3 is 20.4 Å². The topological polar surface area (TPSA) is 96.1 Å². The second kappa shape index (κ2) is 11.9. The molecule has 2 aromatic rings. The van der Waals surface area contributed by atoms with Gasteiger partial charge in [0.2, 0.25) is 0 Å². The molecule has 0 aliphatic rings. The normalized spacial score (nSPS) is 13.3. The SMILES string of the molecule is CN/C(=C\C=C\c1cccc(OC(F)(F)F)c1)C(=O)N/C(C=O)=C\C=C\c1nc[nH]c1C(C)(C)C. The highest BCUT2D eigenvalue weighted by atomic mass is 19.4. The summed E-state index contributed by atoms with van der Waals surface area (Å²) in [5.74, 6) is -0.929. The Morgan fingerprint density at radius 2 is 1.83 bits per heavy atom. The lowest BCUT2D eigenvalue weighted by atomic mass is 9.90. The molecule has 0 radical (unpaired) electrons. The van der Waals surface area contributed by atoms with Crippen molar-refractivity contribution >= 4 is 24.3 Å². The molecule has 0 saturated carbocycles. The van der Waals surface area contributed by atoms with E-state index >= 15 is 0 Å². The number of carbonyl (C=O) groups excluding carboxylic acids is 2. The van der Waals surface area contributed by atoms with Gasteiger partial charge in [-0.05, 0) is 35.9 Å². The molecule has 1 aromatic heterocycles. The molecule has 10 heteroatoms. The van der Waals surface area contributed by atoms with E-state index in [4.69, 9.17) is 0 Å². The summed E-state index contributed by atoms with van der Waals surface area (Å²) in [5.41, 5.74) is 2.10. The van der Waals surface area contributed by atoms with E-state index in [9.17, 15) is 22.8 Å². The summed E-state index contributed by atoms with van der Waals surface area (Å²) in [4.78, 5) is 31.3.